The number of amides is 1. The summed E-state index contributed by atoms with van der Waals surface area (Å²) in [4.78, 5) is 20.0. The van der Waals surface area contributed by atoms with E-state index in [0.29, 0.717) is 5.69 Å². The number of benzene rings is 2. The molecule has 0 unspecified atom stereocenters. The van der Waals surface area contributed by atoms with E-state index in [1.165, 1.54) is 42.7 Å². The summed E-state index contributed by atoms with van der Waals surface area (Å²) in [6.45, 7) is 0. The number of nitrogens with one attached hydrogen (secondary N) is 2. The molecule has 0 saturated carbocycles. The molecule has 1 heterocycles. The average molecular weight is 326 g/mol. The van der Waals surface area contributed by atoms with E-state index in [1.54, 1.807) is 18.2 Å². The van der Waals surface area contributed by atoms with E-state index in [9.17, 15) is 13.6 Å². The van der Waals surface area contributed by atoms with E-state index in [-0.39, 0.29) is 23.0 Å². The smallest absolute Gasteiger partial charge is 0.258 e. The molecule has 0 saturated heterocycles. The van der Waals surface area contributed by atoms with Gasteiger partial charge in [0, 0.05) is 18.1 Å². The van der Waals surface area contributed by atoms with Crippen LogP contribution in [0.1, 0.15) is 10.4 Å². The quantitative estimate of drug-likeness (QED) is 0.766. The van der Waals surface area contributed by atoms with E-state index in [1.807, 2.05) is 0 Å². The van der Waals surface area contributed by atoms with E-state index in [2.05, 4.69) is 20.6 Å². The van der Waals surface area contributed by atoms with Crippen molar-refractivity contribution in [3.05, 3.63) is 78.1 Å². The van der Waals surface area contributed by atoms with Crippen molar-refractivity contribution in [2.75, 3.05) is 10.6 Å². The van der Waals surface area contributed by atoms with E-state index < -0.39 is 11.7 Å². The van der Waals surface area contributed by atoms with E-state index in [4.69, 9.17) is 0 Å². The molecule has 0 atom stereocenters. The number of nitrogens with zero attached hydrogens (tertiary/aromatic N) is 2. The summed E-state index contributed by atoms with van der Waals surface area (Å²) in [6, 6.07) is 11.7. The number of carbonyl (C=O) groups is 1. The van der Waals surface area contributed by atoms with Crippen LogP contribution in [0.5, 0.6) is 0 Å². The number of hydrogen-bond acceptors (Lipinski definition) is 4. The highest BCUT2D eigenvalue weighted by Crippen LogP contribution is 2.15. The minimum absolute atomic E-state index is 0.0736. The highest BCUT2D eigenvalue weighted by molar-refractivity contribution is 6.03. The van der Waals surface area contributed by atoms with Gasteiger partial charge in [-0.25, -0.2) is 18.7 Å². The first-order chi connectivity index (χ1) is 11.6. The van der Waals surface area contributed by atoms with Crippen molar-refractivity contribution in [2.45, 2.75) is 0 Å². The zero-order valence-corrected chi connectivity index (χ0v) is 12.3. The van der Waals surface area contributed by atoms with Crippen LogP contribution in [-0.4, -0.2) is 15.9 Å². The Balaban J connectivity index is 1.70. The lowest BCUT2D eigenvalue weighted by molar-refractivity contribution is 0.102. The SMILES string of the molecule is O=C(Nc1ccccc1F)c1cnc(Nc2cccc(F)c2)nc1. The topological polar surface area (TPSA) is 66.9 Å². The van der Waals surface area contributed by atoms with Crippen LogP contribution in [0.25, 0.3) is 0 Å². The van der Waals surface area contributed by atoms with Crippen LogP contribution in [0.4, 0.5) is 26.1 Å². The third kappa shape index (κ3) is 3.70. The van der Waals surface area contributed by atoms with Crippen molar-refractivity contribution in [2.24, 2.45) is 0 Å². The molecule has 1 amide bonds. The zero-order chi connectivity index (χ0) is 16.9. The van der Waals surface area contributed by atoms with Crippen molar-refractivity contribution in [3.8, 4) is 0 Å². The first kappa shape index (κ1) is 15.5. The van der Waals surface area contributed by atoms with Gasteiger partial charge in [0.05, 0.1) is 11.3 Å². The summed E-state index contributed by atoms with van der Waals surface area (Å²) >= 11 is 0. The molecule has 2 N–H and O–H groups in total. The van der Waals surface area contributed by atoms with Gasteiger partial charge in [-0.2, -0.15) is 0 Å². The summed E-state index contributed by atoms with van der Waals surface area (Å²) in [5, 5.41) is 5.25. The Bertz CT molecular complexity index is 868. The van der Waals surface area contributed by atoms with Crippen molar-refractivity contribution in [1.82, 2.24) is 9.97 Å². The fraction of sp³-hybridized carbons (Fsp3) is 0. The van der Waals surface area contributed by atoms with Gasteiger partial charge in [-0.05, 0) is 30.3 Å². The predicted molar refractivity (Wildman–Crippen MR) is 86.1 cm³/mol. The summed E-state index contributed by atoms with van der Waals surface area (Å²) in [5.41, 5.74) is 0.728. The normalized spacial score (nSPS) is 10.2. The zero-order valence-electron chi connectivity index (χ0n) is 12.3. The van der Waals surface area contributed by atoms with Crippen molar-refractivity contribution < 1.29 is 13.6 Å². The van der Waals surface area contributed by atoms with Crippen LogP contribution in [-0.2, 0) is 0 Å². The lowest BCUT2D eigenvalue weighted by atomic mass is 10.2. The first-order valence-corrected chi connectivity index (χ1v) is 7.02. The monoisotopic (exact) mass is 326 g/mol. The maximum absolute atomic E-state index is 13.5. The molecule has 0 aliphatic rings. The maximum Gasteiger partial charge on any atom is 0.258 e. The third-order valence-electron chi connectivity index (χ3n) is 3.12. The van der Waals surface area contributed by atoms with Gasteiger partial charge >= 0.3 is 0 Å². The highest BCUT2D eigenvalue weighted by Gasteiger charge is 2.10. The van der Waals surface area contributed by atoms with Crippen molar-refractivity contribution >= 4 is 23.2 Å². The Morgan fingerprint density at radius 2 is 1.71 bits per heavy atom. The largest absolute Gasteiger partial charge is 0.324 e. The minimum atomic E-state index is -0.531. The molecular formula is C17H12F2N4O. The molecule has 3 aromatic rings. The Morgan fingerprint density at radius 1 is 0.958 bits per heavy atom. The molecule has 1 aromatic heterocycles. The van der Waals surface area contributed by atoms with Gasteiger partial charge < -0.3 is 10.6 Å². The molecule has 0 spiro atoms. The number of carbonyl (C=O) groups excluding carboxylic acids is 1. The molecule has 2 aromatic carbocycles. The number of para-hydroxylation sites is 1. The molecule has 5 nitrogen and oxygen atoms in total. The lowest BCUT2D eigenvalue weighted by Gasteiger charge is -2.07. The summed E-state index contributed by atoms with van der Waals surface area (Å²) in [6.07, 6.45) is 2.59. The van der Waals surface area contributed by atoms with Gasteiger partial charge in [-0.3, -0.25) is 4.79 Å². The molecule has 120 valence electrons. The number of hydrogen-bond donors (Lipinski definition) is 2. The molecular weight excluding hydrogens is 314 g/mol. The average Bonchev–Trinajstić information content (AvgIpc) is 2.57. The lowest BCUT2D eigenvalue weighted by Crippen LogP contribution is -2.14. The number of rotatable bonds is 4. The van der Waals surface area contributed by atoms with E-state index >= 15 is 0 Å². The standard InChI is InChI=1S/C17H12F2N4O/c18-12-4-3-5-13(8-12)22-17-20-9-11(10-21-17)16(24)23-15-7-2-1-6-14(15)19/h1-10H,(H,23,24)(H,20,21,22). The van der Waals surface area contributed by atoms with Crippen LogP contribution in [0.3, 0.4) is 0 Å². The molecule has 0 aliphatic carbocycles. The second-order valence-electron chi connectivity index (χ2n) is 4.86. The van der Waals surface area contributed by atoms with Gasteiger partial charge in [0.2, 0.25) is 5.95 Å². The van der Waals surface area contributed by atoms with Crippen LogP contribution >= 0.6 is 0 Å². The summed E-state index contributed by atoms with van der Waals surface area (Å²) in [5.74, 6) is -1.24. The van der Waals surface area contributed by atoms with Crippen LogP contribution < -0.4 is 10.6 Å². The summed E-state index contributed by atoms with van der Waals surface area (Å²) < 4.78 is 26.6. The molecule has 3 rings (SSSR count). The fourth-order valence-electron chi connectivity index (χ4n) is 1.96. The highest BCUT2D eigenvalue weighted by atomic mass is 19.1. The molecule has 0 fully saturated rings. The predicted octanol–water partition coefficient (Wildman–Crippen LogP) is 3.75. The summed E-state index contributed by atoms with van der Waals surface area (Å²) in [7, 11) is 0. The van der Waals surface area contributed by atoms with Crippen LogP contribution in [0, 0.1) is 11.6 Å². The second-order valence-corrected chi connectivity index (χ2v) is 4.86. The Morgan fingerprint density at radius 3 is 2.42 bits per heavy atom. The van der Waals surface area contributed by atoms with E-state index in [0.717, 1.165) is 0 Å². The third-order valence-corrected chi connectivity index (χ3v) is 3.12. The second kappa shape index (κ2) is 6.82. The van der Waals surface area contributed by atoms with Crippen molar-refractivity contribution in [3.63, 3.8) is 0 Å². The van der Waals surface area contributed by atoms with Crippen LogP contribution in [0.15, 0.2) is 60.9 Å². The molecule has 24 heavy (non-hydrogen) atoms. The Hall–Kier alpha value is -3.35. The van der Waals surface area contributed by atoms with Gasteiger partial charge in [-0.1, -0.05) is 18.2 Å². The maximum atomic E-state index is 13.5. The molecule has 0 bridgehead atoms. The minimum Gasteiger partial charge on any atom is -0.324 e. The first-order valence-electron chi connectivity index (χ1n) is 7.02. The van der Waals surface area contributed by atoms with Gasteiger partial charge in [0.25, 0.3) is 5.91 Å². The van der Waals surface area contributed by atoms with Crippen LogP contribution in [0.2, 0.25) is 0 Å². The Labute approximate surface area is 136 Å². The van der Waals surface area contributed by atoms with Gasteiger partial charge in [0.1, 0.15) is 11.6 Å². The number of aromatic nitrogens is 2. The molecule has 0 radical (unpaired) electrons. The Kier molecular flexibility index (Phi) is 4.42. The molecule has 0 aliphatic heterocycles. The van der Waals surface area contributed by atoms with Gasteiger partial charge in [-0.15, -0.1) is 0 Å². The van der Waals surface area contributed by atoms with Crippen molar-refractivity contribution in [1.29, 1.82) is 0 Å². The fourth-order valence-corrected chi connectivity index (χ4v) is 1.96. The van der Waals surface area contributed by atoms with Gasteiger partial charge in [0.15, 0.2) is 0 Å². The number of anilines is 3. The molecule has 7 heteroatoms. The number of halogens is 2.